The molecule has 1 saturated heterocycles. The van der Waals surface area contributed by atoms with Crippen LogP contribution in [0.15, 0.2) is 24.3 Å². The quantitative estimate of drug-likeness (QED) is 0.865. The second-order valence-corrected chi connectivity index (χ2v) is 5.30. The van der Waals surface area contributed by atoms with Gasteiger partial charge in [-0.2, -0.15) is 0 Å². The minimum Gasteiger partial charge on any atom is -0.339 e. The van der Waals surface area contributed by atoms with Gasteiger partial charge in [0.05, 0.1) is 0 Å². The molecular weight excluding hydrogens is 274 g/mol. The average Bonchev–Trinajstić information content (AvgIpc) is 2.47. The number of hydrogen-bond donors (Lipinski definition) is 1. The summed E-state index contributed by atoms with van der Waals surface area (Å²) in [6, 6.07) is 3.66. The normalized spacial score (nSPS) is 16.6. The Bertz CT molecular complexity index is 503. The zero-order valence-corrected chi connectivity index (χ0v) is 12.1. The lowest BCUT2D eigenvalue weighted by atomic mass is 9.97. The Balaban J connectivity index is 1.95. The molecule has 21 heavy (non-hydrogen) atoms. The minimum absolute atomic E-state index is 0.170. The Morgan fingerprint density at radius 3 is 2.52 bits per heavy atom. The number of likely N-dealkylation sites (tertiary alicyclic amines) is 1. The van der Waals surface area contributed by atoms with Crippen molar-refractivity contribution in [3.05, 3.63) is 41.5 Å². The van der Waals surface area contributed by atoms with Gasteiger partial charge >= 0.3 is 0 Å². The summed E-state index contributed by atoms with van der Waals surface area (Å²) in [6.07, 6.45) is 4.37. The molecule has 1 N–H and O–H groups in total. The fraction of sp³-hybridized carbons (Fsp3) is 0.438. The molecule has 2 rings (SSSR count). The molecule has 0 bridgehead atoms. The van der Waals surface area contributed by atoms with Crippen molar-refractivity contribution < 1.29 is 13.6 Å². The molecule has 0 aromatic heterocycles. The highest BCUT2D eigenvalue weighted by Crippen LogP contribution is 2.18. The number of nitrogens with one attached hydrogen (secondary N) is 1. The molecule has 5 heteroatoms. The van der Waals surface area contributed by atoms with Gasteiger partial charge in [-0.3, -0.25) is 4.79 Å². The highest BCUT2D eigenvalue weighted by molar-refractivity contribution is 5.91. The summed E-state index contributed by atoms with van der Waals surface area (Å²) in [5, 5.41) is 3.14. The highest BCUT2D eigenvalue weighted by Gasteiger charge is 2.21. The van der Waals surface area contributed by atoms with E-state index in [0.717, 1.165) is 19.4 Å². The molecule has 1 fully saturated rings. The summed E-state index contributed by atoms with van der Waals surface area (Å²) in [5.74, 6) is -0.925. The number of benzene rings is 1. The lowest BCUT2D eigenvalue weighted by Gasteiger charge is -2.31. The second kappa shape index (κ2) is 7.31. The van der Waals surface area contributed by atoms with Crippen LogP contribution < -0.4 is 5.32 Å². The first kappa shape index (κ1) is 15.6. The molecule has 0 saturated carbocycles. The molecule has 3 nitrogen and oxygen atoms in total. The summed E-state index contributed by atoms with van der Waals surface area (Å²) in [7, 11) is 1.92. The van der Waals surface area contributed by atoms with Crippen LogP contribution in [0.5, 0.6) is 0 Å². The van der Waals surface area contributed by atoms with E-state index in [1.807, 2.05) is 7.05 Å². The van der Waals surface area contributed by atoms with Gasteiger partial charge in [0.25, 0.3) is 0 Å². The van der Waals surface area contributed by atoms with Gasteiger partial charge in [0.15, 0.2) is 0 Å². The van der Waals surface area contributed by atoms with E-state index in [4.69, 9.17) is 0 Å². The molecule has 0 unspecified atom stereocenters. The summed E-state index contributed by atoms with van der Waals surface area (Å²) in [6.45, 7) is 2.34. The molecule has 1 aromatic carbocycles. The average molecular weight is 294 g/mol. The maximum Gasteiger partial charge on any atom is 0.246 e. The Kier molecular flexibility index (Phi) is 5.44. The standard InChI is InChI=1S/C16H20F2N2O/c1-19-11-12-7-9-20(10-8-12)16(21)6-5-13-14(17)3-2-4-15(13)18/h2-6,12,19H,7-11H2,1H3/b6-5+. The third-order valence-electron chi connectivity index (χ3n) is 3.81. The van der Waals surface area contributed by atoms with Crippen LogP contribution in [-0.4, -0.2) is 37.5 Å². The number of piperidine rings is 1. The first-order valence-corrected chi connectivity index (χ1v) is 7.17. The topological polar surface area (TPSA) is 32.3 Å². The van der Waals surface area contributed by atoms with Crippen LogP contribution in [0.2, 0.25) is 0 Å². The third kappa shape index (κ3) is 4.11. The zero-order chi connectivity index (χ0) is 15.2. The van der Waals surface area contributed by atoms with Crippen molar-refractivity contribution in [1.82, 2.24) is 10.2 Å². The maximum atomic E-state index is 13.5. The number of hydrogen-bond acceptors (Lipinski definition) is 2. The van der Waals surface area contributed by atoms with Crippen LogP contribution in [0.4, 0.5) is 8.78 Å². The maximum absolute atomic E-state index is 13.5. The van der Waals surface area contributed by atoms with Crippen LogP contribution >= 0.6 is 0 Å². The van der Waals surface area contributed by atoms with Crippen LogP contribution in [0.25, 0.3) is 6.08 Å². The lowest BCUT2D eigenvalue weighted by molar-refractivity contribution is -0.127. The first-order valence-electron chi connectivity index (χ1n) is 7.17. The lowest BCUT2D eigenvalue weighted by Crippen LogP contribution is -2.39. The van der Waals surface area contributed by atoms with E-state index in [1.54, 1.807) is 4.90 Å². The smallest absolute Gasteiger partial charge is 0.246 e. The van der Waals surface area contributed by atoms with Crippen LogP contribution in [-0.2, 0) is 4.79 Å². The molecular formula is C16H20F2N2O. The van der Waals surface area contributed by atoms with Gasteiger partial charge in [-0.1, -0.05) is 6.07 Å². The predicted molar refractivity (Wildman–Crippen MR) is 78.6 cm³/mol. The summed E-state index contributed by atoms with van der Waals surface area (Å²) in [4.78, 5) is 13.8. The largest absolute Gasteiger partial charge is 0.339 e. The Hall–Kier alpha value is -1.75. The van der Waals surface area contributed by atoms with Crippen molar-refractivity contribution >= 4 is 12.0 Å². The van der Waals surface area contributed by atoms with Crippen LogP contribution in [0, 0.1) is 17.6 Å². The van der Waals surface area contributed by atoms with Crippen molar-refractivity contribution in [3.63, 3.8) is 0 Å². The predicted octanol–water partition coefficient (Wildman–Crippen LogP) is 2.44. The molecule has 0 aliphatic carbocycles. The van der Waals surface area contributed by atoms with E-state index in [0.29, 0.717) is 19.0 Å². The fourth-order valence-electron chi connectivity index (χ4n) is 2.58. The highest BCUT2D eigenvalue weighted by atomic mass is 19.1. The number of carbonyl (C=O) groups excluding carboxylic acids is 1. The molecule has 0 spiro atoms. The van der Waals surface area contributed by atoms with E-state index >= 15 is 0 Å². The van der Waals surface area contributed by atoms with Crippen molar-refractivity contribution in [1.29, 1.82) is 0 Å². The van der Waals surface area contributed by atoms with E-state index in [2.05, 4.69) is 5.32 Å². The second-order valence-electron chi connectivity index (χ2n) is 5.30. The number of rotatable bonds is 4. The van der Waals surface area contributed by atoms with E-state index < -0.39 is 11.6 Å². The van der Waals surface area contributed by atoms with Gasteiger partial charge in [-0.05, 0) is 50.6 Å². The molecule has 1 amide bonds. The Labute approximate surface area is 123 Å². The fourth-order valence-corrected chi connectivity index (χ4v) is 2.58. The van der Waals surface area contributed by atoms with Gasteiger partial charge in [0.2, 0.25) is 5.91 Å². The van der Waals surface area contributed by atoms with Gasteiger partial charge in [0.1, 0.15) is 11.6 Å². The van der Waals surface area contributed by atoms with Crippen molar-refractivity contribution in [2.75, 3.05) is 26.7 Å². The van der Waals surface area contributed by atoms with E-state index in [1.165, 1.54) is 30.4 Å². The molecule has 0 atom stereocenters. The summed E-state index contributed by atoms with van der Waals surface area (Å²) >= 11 is 0. The Morgan fingerprint density at radius 1 is 1.33 bits per heavy atom. The monoisotopic (exact) mass is 294 g/mol. The van der Waals surface area contributed by atoms with Crippen LogP contribution in [0.1, 0.15) is 18.4 Å². The van der Waals surface area contributed by atoms with Gasteiger partial charge in [-0.15, -0.1) is 0 Å². The van der Waals surface area contributed by atoms with E-state index in [-0.39, 0.29) is 11.5 Å². The third-order valence-corrected chi connectivity index (χ3v) is 3.81. The van der Waals surface area contributed by atoms with Crippen molar-refractivity contribution in [3.8, 4) is 0 Å². The molecule has 0 radical (unpaired) electrons. The number of amides is 1. The number of nitrogens with zero attached hydrogens (tertiary/aromatic N) is 1. The Morgan fingerprint density at radius 2 is 1.95 bits per heavy atom. The SMILES string of the molecule is CNCC1CCN(C(=O)/C=C/c2c(F)cccc2F)CC1. The van der Waals surface area contributed by atoms with Gasteiger partial charge in [-0.25, -0.2) is 8.78 Å². The molecule has 1 aromatic rings. The molecule has 1 aliphatic heterocycles. The minimum atomic E-state index is -0.660. The molecule has 1 aliphatic rings. The number of halogens is 2. The zero-order valence-electron chi connectivity index (χ0n) is 12.1. The van der Waals surface area contributed by atoms with Crippen molar-refractivity contribution in [2.24, 2.45) is 5.92 Å². The van der Waals surface area contributed by atoms with Crippen LogP contribution in [0.3, 0.4) is 0 Å². The van der Waals surface area contributed by atoms with Gasteiger partial charge in [0, 0.05) is 24.7 Å². The summed E-state index contributed by atoms with van der Waals surface area (Å²) in [5.41, 5.74) is -0.170. The first-order chi connectivity index (χ1) is 10.1. The molecule has 114 valence electrons. The number of carbonyl (C=O) groups is 1. The van der Waals surface area contributed by atoms with Gasteiger partial charge < -0.3 is 10.2 Å². The molecule has 1 heterocycles. The summed E-state index contributed by atoms with van der Waals surface area (Å²) < 4.78 is 26.9. The van der Waals surface area contributed by atoms with E-state index in [9.17, 15) is 13.6 Å². The van der Waals surface area contributed by atoms with Crippen molar-refractivity contribution in [2.45, 2.75) is 12.8 Å².